The van der Waals surface area contributed by atoms with Crippen molar-refractivity contribution in [1.82, 2.24) is 4.98 Å². The minimum atomic E-state index is 0.375. The zero-order chi connectivity index (χ0) is 14.6. The number of pyridine rings is 1. The topological polar surface area (TPSA) is 57.7 Å². The summed E-state index contributed by atoms with van der Waals surface area (Å²) in [7, 11) is 2.90. The molecule has 0 atom stereocenters. The minimum absolute atomic E-state index is 0.375. The van der Waals surface area contributed by atoms with Crippen molar-refractivity contribution in [2.75, 3.05) is 14.2 Å². The van der Waals surface area contributed by atoms with E-state index in [-0.39, 0.29) is 0 Å². The second kappa shape index (κ2) is 9.38. The van der Waals surface area contributed by atoms with Crippen LogP contribution in [0.5, 0.6) is 11.6 Å². The Balaban J connectivity index is 0.000000444. The highest BCUT2D eigenvalue weighted by Gasteiger charge is 1.97. The summed E-state index contributed by atoms with van der Waals surface area (Å²) in [5, 5.41) is 0. The van der Waals surface area contributed by atoms with Crippen LogP contribution in [0, 0.1) is 0 Å². The van der Waals surface area contributed by atoms with Crippen LogP contribution in [-0.4, -0.2) is 25.7 Å². The van der Waals surface area contributed by atoms with E-state index in [2.05, 4.69) is 9.72 Å². The molecule has 0 bridgehead atoms. The Morgan fingerprint density at radius 3 is 2.30 bits per heavy atom. The van der Waals surface area contributed by atoms with E-state index in [1.807, 2.05) is 36.4 Å². The van der Waals surface area contributed by atoms with Crippen molar-refractivity contribution in [2.45, 2.75) is 6.61 Å². The monoisotopic (exact) mass is 275 g/mol. The standard InChI is InChI=1S/C13H13NO2.C2H4O2/c1-15-13-8-7-12(9-14-13)16-10-11-5-3-2-4-6-11;1-4-2-3/h2-9H,10H2,1H3;2H,1H3. The molecule has 0 spiro atoms. The van der Waals surface area contributed by atoms with Crippen molar-refractivity contribution >= 4 is 6.47 Å². The summed E-state index contributed by atoms with van der Waals surface area (Å²) in [6.07, 6.45) is 1.65. The Hall–Kier alpha value is -2.56. The maximum Gasteiger partial charge on any atom is 0.292 e. The first-order chi connectivity index (χ1) is 9.80. The molecule has 0 fully saturated rings. The van der Waals surface area contributed by atoms with Crippen LogP contribution in [0.3, 0.4) is 0 Å². The molecule has 0 aliphatic carbocycles. The molecule has 0 amide bonds. The number of rotatable bonds is 5. The van der Waals surface area contributed by atoms with Crippen molar-refractivity contribution in [3.63, 3.8) is 0 Å². The quantitative estimate of drug-likeness (QED) is 0.784. The molecule has 5 heteroatoms. The average molecular weight is 275 g/mol. The summed E-state index contributed by atoms with van der Waals surface area (Å²) in [4.78, 5) is 13.0. The molecular formula is C15H17NO4. The summed E-state index contributed by atoms with van der Waals surface area (Å²) < 4.78 is 14.4. The molecule has 0 unspecified atom stereocenters. The second-order valence-corrected chi connectivity index (χ2v) is 3.64. The SMILES string of the molecule is COC=O.COc1ccc(OCc2ccccc2)cn1. The fourth-order valence-electron chi connectivity index (χ4n) is 1.31. The molecule has 106 valence electrons. The molecule has 20 heavy (non-hydrogen) atoms. The summed E-state index contributed by atoms with van der Waals surface area (Å²) in [6, 6.07) is 13.6. The van der Waals surface area contributed by atoms with Crippen molar-refractivity contribution < 1.29 is 19.0 Å². The van der Waals surface area contributed by atoms with Crippen LogP contribution < -0.4 is 9.47 Å². The van der Waals surface area contributed by atoms with Crippen LogP contribution >= 0.6 is 0 Å². The van der Waals surface area contributed by atoms with E-state index < -0.39 is 0 Å². The molecule has 0 N–H and O–H groups in total. The van der Waals surface area contributed by atoms with E-state index in [0.29, 0.717) is 19.0 Å². The molecule has 0 saturated carbocycles. The van der Waals surface area contributed by atoms with Crippen LogP contribution in [0.1, 0.15) is 5.56 Å². The normalized spacial score (nSPS) is 8.90. The van der Waals surface area contributed by atoms with E-state index in [1.54, 1.807) is 19.4 Å². The number of aromatic nitrogens is 1. The number of hydrogen-bond donors (Lipinski definition) is 0. The first kappa shape index (κ1) is 15.5. The molecule has 1 aromatic heterocycles. The number of methoxy groups -OCH3 is 2. The van der Waals surface area contributed by atoms with Gasteiger partial charge in [-0.1, -0.05) is 30.3 Å². The van der Waals surface area contributed by atoms with Gasteiger partial charge in [0.15, 0.2) is 0 Å². The van der Waals surface area contributed by atoms with Crippen molar-refractivity contribution in [3.8, 4) is 11.6 Å². The molecule has 0 aliphatic rings. The van der Waals surface area contributed by atoms with Gasteiger partial charge in [-0.25, -0.2) is 4.98 Å². The first-order valence-corrected chi connectivity index (χ1v) is 5.93. The van der Waals surface area contributed by atoms with E-state index in [1.165, 1.54) is 7.11 Å². The fourth-order valence-corrected chi connectivity index (χ4v) is 1.31. The highest BCUT2D eigenvalue weighted by Crippen LogP contribution is 2.14. The molecule has 2 rings (SSSR count). The zero-order valence-electron chi connectivity index (χ0n) is 11.5. The van der Waals surface area contributed by atoms with E-state index in [0.717, 1.165) is 11.3 Å². The van der Waals surface area contributed by atoms with Crippen molar-refractivity contribution in [1.29, 1.82) is 0 Å². The number of nitrogens with zero attached hydrogens (tertiary/aromatic N) is 1. The van der Waals surface area contributed by atoms with Crippen molar-refractivity contribution in [3.05, 3.63) is 54.2 Å². The lowest BCUT2D eigenvalue weighted by molar-refractivity contribution is -0.126. The molecular weight excluding hydrogens is 258 g/mol. The highest BCUT2D eigenvalue weighted by molar-refractivity contribution is 5.36. The molecule has 1 aromatic carbocycles. The van der Waals surface area contributed by atoms with Gasteiger partial charge >= 0.3 is 0 Å². The lowest BCUT2D eigenvalue weighted by atomic mass is 10.2. The van der Waals surface area contributed by atoms with E-state index >= 15 is 0 Å². The van der Waals surface area contributed by atoms with Gasteiger partial charge in [-0.2, -0.15) is 0 Å². The molecule has 2 aromatic rings. The zero-order valence-corrected chi connectivity index (χ0v) is 11.5. The third kappa shape index (κ3) is 5.86. The summed E-state index contributed by atoms with van der Waals surface area (Å²) in [5.74, 6) is 1.33. The Kier molecular flexibility index (Phi) is 7.27. The fraction of sp³-hybridized carbons (Fsp3) is 0.200. The Labute approximate surface area is 118 Å². The van der Waals surface area contributed by atoms with Gasteiger partial charge in [0.2, 0.25) is 5.88 Å². The van der Waals surface area contributed by atoms with Crippen LogP contribution in [0.15, 0.2) is 48.7 Å². The van der Waals surface area contributed by atoms with Gasteiger partial charge in [0, 0.05) is 6.07 Å². The predicted molar refractivity (Wildman–Crippen MR) is 74.6 cm³/mol. The number of benzene rings is 1. The second-order valence-electron chi connectivity index (χ2n) is 3.64. The lowest BCUT2D eigenvalue weighted by Crippen LogP contribution is -1.95. The Morgan fingerprint density at radius 2 is 1.80 bits per heavy atom. The molecule has 0 aliphatic heterocycles. The molecule has 5 nitrogen and oxygen atoms in total. The maximum atomic E-state index is 8.95. The summed E-state index contributed by atoms with van der Waals surface area (Å²) >= 11 is 0. The van der Waals surface area contributed by atoms with E-state index in [9.17, 15) is 0 Å². The van der Waals surface area contributed by atoms with Crippen LogP contribution in [-0.2, 0) is 16.1 Å². The van der Waals surface area contributed by atoms with Gasteiger partial charge < -0.3 is 14.2 Å². The summed E-state index contributed by atoms with van der Waals surface area (Å²) in [6.45, 7) is 0.925. The molecule has 0 saturated heterocycles. The third-order valence-corrected chi connectivity index (χ3v) is 2.26. The predicted octanol–water partition coefficient (Wildman–Crippen LogP) is 2.46. The van der Waals surface area contributed by atoms with Gasteiger partial charge in [0.25, 0.3) is 6.47 Å². The van der Waals surface area contributed by atoms with Gasteiger partial charge in [0.1, 0.15) is 12.4 Å². The van der Waals surface area contributed by atoms with Crippen LogP contribution in [0.4, 0.5) is 0 Å². The number of ether oxygens (including phenoxy) is 3. The van der Waals surface area contributed by atoms with Crippen LogP contribution in [0.25, 0.3) is 0 Å². The molecule has 1 heterocycles. The lowest BCUT2D eigenvalue weighted by Gasteiger charge is -2.06. The highest BCUT2D eigenvalue weighted by atomic mass is 16.5. The first-order valence-electron chi connectivity index (χ1n) is 5.93. The average Bonchev–Trinajstić information content (AvgIpc) is 2.54. The number of carbonyl (C=O) groups is 1. The smallest absolute Gasteiger partial charge is 0.292 e. The third-order valence-electron chi connectivity index (χ3n) is 2.26. The van der Waals surface area contributed by atoms with Crippen LogP contribution in [0.2, 0.25) is 0 Å². The largest absolute Gasteiger partial charge is 0.487 e. The van der Waals surface area contributed by atoms with Gasteiger partial charge in [0.05, 0.1) is 20.4 Å². The Bertz CT molecular complexity index is 485. The van der Waals surface area contributed by atoms with Gasteiger partial charge in [-0.3, -0.25) is 4.79 Å². The number of hydrogen-bond acceptors (Lipinski definition) is 5. The van der Waals surface area contributed by atoms with E-state index in [4.69, 9.17) is 14.3 Å². The summed E-state index contributed by atoms with van der Waals surface area (Å²) in [5.41, 5.74) is 1.14. The molecule has 0 radical (unpaired) electrons. The minimum Gasteiger partial charge on any atom is -0.487 e. The van der Waals surface area contributed by atoms with Gasteiger partial charge in [-0.15, -0.1) is 0 Å². The van der Waals surface area contributed by atoms with Gasteiger partial charge in [-0.05, 0) is 11.6 Å². The van der Waals surface area contributed by atoms with Crippen molar-refractivity contribution in [2.24, 2.45) is 0 Å². The Morgan fingerprint density at radius 1 is 1.10 bits per heavy atom. The number of carbonyl (C=O) groups excluding carboxylic acids is 1. The maximum absolute atomic E-state index is 8.95.